The topological polar surface area (TPSA) is 110 Å². The van der Waals surface area contributed by atoms with E-state index in [2.05, 4.69) is 6.92 Å². The van der Waals surface area contributed by atoms with E-state index in [1.165, 1.54) is 70.6 Å². The lowest BCUT2D eigenvalue weighted by Crippen LogP contribution is -2.47. The van der Waals surface area contributed by atoms with Crippen LogP contribution in [-0.2, 0) is 4.74 Å². The van der Waals surface area contributed by atoms with E-state index in [0.29, 0.717) is 6.61 Å². The highest BCUT2D eigenvalue weighted by Gasteiger charge is 2.29. The molecule has 0 aromatic heterocycles. The molecule has 6 heteroatoms. The molecule has 0 amide bonds. The van der Waals surface area contributed by atoms with Gasteiger partial charge < -0.3 is 30.3 Å². The van der Waals surface area contributed by atoms with Gasteiger partial charge in [-0.25, -0.2) is 0 Å². The normalized spacial score (nSPS) is 16.2. The minimum absolute atomic E-state index is 0.103. The Kier molecular flexibility index (Phi) is 18.9. The summed E-state index contributed by atoms with van der Waals surface area (Å²) in [4.78, 5) is 0. The highest BCUT2D eigenvalue weighted by molar-refractivity contribution is 4.80. The van der Waals surface area contributed by atoms with E-state index >= 15 is 0 Å². The SMILES string of the molecule is CCCCCCCCCCCCCCCOC[C@@H](O)[C@H](O)[C@H](O)[C@@H](O)CO. The van der Waals surface area contributed by atoms with Crippen LogP contribution in [0.25, 0.3) is 0 Å². The molecule has 4 atom stereocenters. The third-order valence-electron chi connectivity index (χ3n) is 5.01. The van der Waals surface area contributed by atoms with Gasteiger partial charge in [0.15, 0.2) is 0 Å². The fraction of sp³-hybridized carbons (Fsp3) is 1.00. The van der Waals surface area contributed by atoms with Crippen LogP contribution in [0.2, 0.25) is 0 Å². The van der Waals surface area contributed by atoms with Gasteiger partial charge in [0.1, 0.15) is 24.4 Å². The van der Waals surface area contributed by atoms with Gasteiger partial charge in [0, 0.05) is 6.61 Å². The maximum atomic E-state index is 9.71. The van der Waals surface area contributed by atoms with Gasteiger partial charge in [-0.3, -0.25) is 0 Å². The molecule has 6 nitrogen and oxygen atoms in total. The lowest BCUT2D eigenvalue weighted by atomic mass is 10.0. The Labute approximate surface area is 165 Å². The van der Waals surface area contributed by atoms with Crippen molar-refractivity contribution in [1.29, 1.82) is 0 Å². The first-order valence-corrected chi connectivity index (χ1v) is 10.9. The largest absolute Gasteiger partial charge is 0.394 e. The van der Waals surface area contributed by atoms with Crippen molar-refractivity contribution < 1.29 is 30.3 Å². The minimum atomic E-state index is -1.59. The van der Waals surface area contributed by atoms with Crippen molar-refractivity contribution in [3.8, 4) is 0 Å². The van der Waals surface area contributed by atoms with E-state index in [0.717, 1.165) is 12.8 Å². The average molecular weight is 393 g/mol. The first kappa shape index (κ1) is 26.8. The first-order chi connectivity index (χ1) is 13.0. The van der Waals surface area contributed by atoms with Crippen molar-refractivity contribution in [2.24, 2.45) is 0 Å². The second-order valence-corrected chi connectivity index (χ2v) is 7.62. The smallest absolute Gasteiger partial charge is 0.111 e. The summed E-state index contributed by atoms with van der Waals surface area (Å²) >= 11 is 0. The molecular formula is C21H44O6. The van der Waals surface area contributed by atoms with Gasteiger partial charge in [0.2, 0.25) is 0 Å². The van der Waals surface area contributed by atoms with Crippen LogP contribution in [0.1, 0.15) is 90.4 Å². The molecule has 0 bridgehead atoms. The van der Waals surface area contributed by atoms with Gasteiger partial charge >= 0.3 is 0 Å². The lowest BCUT2D eigenvalue weighted by Gasteiger charge is -2.25. The van der Waals surface area contributed by atoms with E-state index in [1.54, 1.807) is 0 Å². The maximum Gasteiger partial charge on any atom is 0.111 e. The molecule has 164 valence electrons. The number of ether oxygens (including phenoxy) is 1. The number of unbranched alkanes of at least 4 members (excludes halogenated alkanes) is 12. The molecule has 0 aromatic rings. The van der Waals surface area contributed by atoms with Crippen molar-refractivity contribution in [3.63, 3.8) is 0 Å². The molecule has 0 aliphatic heterocycles. The predicted octanol–water partition coefficient (Wildman–Crippen LogP) is 2.53. The monoisotopic (exact) mass is 392 g/mol. The Balaban J connectivity index is 3.35. The molecular weight excluding hydrogens is 348 g/mol. The predicted molar refractivity (Wildman–Crippen MR) is 108 cm³/mol. The van der Waals surface area contributed by atoms with Crippen molar-refractivity contribution in [2.45, 2.75) is 115 Å². The summed E-state index contributed by atoms with van der Waals surface area (Å²) in [5.41, 5.74) is 0. The highest BCUT2D eigenvalue weighted by atomic mass is 16.5. The van der Waals surface area contributed by atoms with Gasteiger partial charge in [-0.1, -0.05) is 84.0 Å². The molecule has 0 radical (unpaired) electrons. The Morgan fingerprint density at radius 2 is 1.00 bits per heavy atom. The number of aliphatic hydroxyl groups is 5. The molecule has 0 spiro atoms. The van der Waals surface area contributed by atoms with Crippen LogP contribution in [0.15, 0.2) is 0 Å². The lowest BCUT2D eigenvalue weighted by molar-refractivity contribution is -0.129. The van der Waals surface area contributed by atoms with Crippen molar-refractivity contribution in [2.75, 3.05) is 19.8 Å². The Bertz CT molecular complexity index is 302. The van der Waals surface area contributed by atoms with E-state index in [9.17, 15) is 20.4 Å². The van der Waals surface area contributed by atoms with Crippen LogP contribution < -0.4 is 0 Å². The van der Waals surface area contributed by atoms with Gasteiger partial charge in [-0.05, 0) is 6.42 Å². The number of rotatable bonds is 20. The van der Waals surface area contributed by atoms with Crippen LogP contribution in [-0.4, -0.2) is 69.8 Å². The highest BCUT2D eigenvalue weighted by Crippen LogP contribution is 2.12. The fourth-order valence-corrected chi connectivity index (χ4v) is 3.09. The summed E-state index contributed by atoms with van der Waals surface area (Å²) in [5.74, 6) is 0. The number of hydrogen-bond donors (Lipinski definition) is 5. The van der Waals surface area contributed by atoms with E-state index in [-0.39, 0.29) is 6.61 Å². The summed E-state index contributed by atoms with van der Waals surface area (Å²) in [5, 5.41) is 46.8. The van der Waals surface area contributed by atoms with Gasteiger partial charge in [0.05, 0.1) is 13.2 Å². The van der Waals surface area contributed by atoms with Gasteiger partial charge in [-0.15, -0.1) is 0 Å². The van der Waals surface area contributed by atoms with Crippen molar-refractivity contribution in [3.05, 3.63) is 0 Å². The standard InChI is InChI=1S/C21H44O6/c1-2-3-4-5-6-7-8-9-10-11-12-13-14-15-27-17-19(24)21(26)20(25)18(23)16-22/h18-26H,2-17H2,1H3/t18-,19+,20+,21-/m0/s1. The average Bonchev–Trinajstić information content (AvgIpc) is 2.68. The Morgan fingerprint density at radius 3 is 1.44 bits per heavy atom. The Hall–Kier alpha value is -0.240. The van der Waals surface area contributed by atoms with Gasteiger partial charge in [-0.2, -0.15) is 0 Å². The molecule has 0 saturated heterocycles. The molecule has 0 fully saturated rings. The molecule has 0 unspecified atom stereocenters. The summed E-state index contributed by atoms with van der Waals surface area (Å²) in [6.45, 7) is 1.97. The van der Waals surface area contributed by atoms with E-state index < -0.39 is 31.0 Å². The second-order valence-electron chi connectivity index (χ2n) is 7.62. The van der Waals surface area contributed by atoms with E-state index in [1.807, 2.05) is 0 Å². The summed E-state index contributed by atoms with van der Waals surface area (Å²) < 4.78 is 5.31. The second kappa shape index (κ2) is 19.1. The summed E-state index contributed by atoms with van der Waals surface area (Å²) in [6, 6.07) is 0. The van der Waals surface area contributed by atoms with Crippen molar-refractivity contribution >= 4 is 0 Å². The maximum absolute atomic E-state index is 9.71. The van der Waals surface area contributed by atoms with Gasteiger partial charge in [0.25, 0.3) is 0 Å². The molecule has 0 aliphatic carbocycles. The third-order valence-corrected chi connectivity index (χ3v) is 5.01. The molecule has 5 N–H and O–H groups in total. The fourth-order valence-electron chi connectivity index (χ4n) is 3.09. The van der Waals surface area contributed by atoms with Crippen LogP contribution in [0, 0.1) is 0 Å². The van der Waals surface area contributed by atoms with Crippen LogP contribution in [0.3, 0.4) is 0 Å². The van der Waals surface area contributed by atoms with E-state index in [4.69, 9.17) is 9.84 Å². The quantitative estimate of drug-likeness (QED) is 0.204. The summed E-state index contributed by atoms with van der Waals surface area (Å²) in [6.07, 6.45) is 10.7. The van der Waals surface area contributed by atoms with Crippen molar-refractivity contribution in [1.82, 2.24) is 0 Å². The zero-order valence-electron chi connectivity index (χ0n) is 17.3. The number of aliphatic hydroxyl groups excluding tert-OH is 5. The molecule has 27 heavy (non-hydrogen) atoms. The first-order valence-electron chi connectivity index (χ1n) is 10.9. The molecule has 0 heterocycles. The molecule has 0 aliphatic rings. The number of hydrogen-bond acceptors (Lipinski definition) is 6. The van der Waals surface area contributed by atoms with Crippen LogP contribution in [0.4, 0.5) is 0 Å². The molecule has 0 rings (SSSR count). The van der Waals surface area contributed by atoms with Crippen LogP contribution >= 0.6 is 0 Å². The minimum Gasteiger partial charge on any atom is -0.394 e. The van der Waals surface area contributed by atoms with Crippen LogP contribution in [0.5, 0.6) is 0 Å². The zero-order valence-corrected chi connectivity index (χ0v) is 17.3. The Morgan fingerprint density at radius 1 is 0.593 bits per heavy atom. The third kappa shape index (κ3) is 15.4. The molecule has 0 aromatic carbocycles. The zero-order chi connectivity index (χ0) is 20.3. The summed E-state index contributed by atoms with van der Waals surface area (Å²) in [7, 11) is 0. The molecule has 0 saturated carbocycles.